The van der Waals surface area contributed by atoms with Gasteiger partial charge in [0.15, 0.2) is 5.76 Å². The van der Waals surface area contributed by atoms with Gasteiger partial charge in [-0.05, 0) is 58.8 Å². The topological polar surface area (TPSA) is 62.5 Å². The molecule has 1 aromatic carbocycles. The fourth-order valence-electron chi connectivity index (χ4n) is 2.09. The second-order valence-electron chi connectivity index (χ2n) is 4.95. The zero-order chi connectivity index (χ0) is 16.2. The van der Waals surface area contributed by atoms with Gasteiger partial charge in [-0.15, -0.1) is 0 Å². The van der Waals surface area contributed by atoms with Gasteiger partial charge in [-0.25, -0.2) is 4.39 Å². The molecule has 0 spiro atoms. The molecule has 0 radical (unpaired) electrons. The van der Waals surface area contributed by atoms with E-state index >= 15 is 0 Å². The number of carbonyl (C=O) groups excluding carboxylic acids is 1. The van der Waals surface area contributed by atoms with E-state index in [-0.39, 0.29) is 18.1 Å². The molecule has 2 N–H and O–H groups in total. The SMILES string of the molecule is O=C(NCC(O)c1ccsc1)c1ccc(-c2ccc(F)cc2)o1. The van der Waals surface area contributed by atoms with Crippen molar-refractivity contribution < 1.29 is 18.7 Å². The molecule has 3 rings (SSSR count). The van der Waals surface area contributed by atoms with Gasteiger partial charge < -0.3 is 14.8 Å². The van der Waals surface area contributed by atoms with Crippen molar-refractivity contribution in [3.63, 3.8) is 0 Å². The molecule has 6 heteroatoms. The average Bonchev–Trinajstić information content (AvgIpc) is 3.24. The quantitative estimate of drug-likeness (QED) is 0.751. The standard InChI is InChI=1S/C17H14FNO3S/c18-13-3-1-11(2-4-13)15-5-6-16(22-15)17(21)19-9-14(20)12-7-8-23-10-12/h1-8,10,14,20H,9H2,(H,19,21). The number of hydrogen-bond donors (Lipinski definition) is 2. The smallest absolute Gasteiger partial charge is 0.287 e. The third kappa shape index (κ3) is 3.67. The lowest BCUT2D eigenvalue weighted by Crippen LogP contribution is -2.27. The molecule has 1 unspecified atom stereocenters. The lowest BCUT2D eigenvalue weighted by Gasteiger charge is -2.09. The molecule has 2 aromatic heterocycles. The highest BCUT2D eigenvalue weighted by atomic mass is 32.1. The maximum atomic E-state index is 12.9. The fourth-order valence-corrected chi connectivity index (χ4v) is 2.80. The molecule has 0 saturated heterocycles. The van der Waals surface area contributed by atoms with Crippen LogP contribution in [0.5, 0.6) is 0 Å². The summed E-state index contributed by atoms with van der Waals surface area (Å²) >= 11 is 1.48. The average molecular weight is 331 g/mol. The lowest BCUT2D eigenvalue weighted by atomic mass is 10.2. The Morgan fingerprint density at radius 2 is 2.00 bits per heavy atom. The zero-order valence-corrected chi connectivity index (χ0v) is 12.8. The van der Waals surface area contributed by atoms with Gasteiger partial charge in [0, 0.05) is 12.1 Å². The van der Waals surface area contributed by atoms with Crippen LogP contribution in [0.2, 0.25) is 0 Å². The molecular weight excluding hydrogens is 317 g/mol. The first-order valence-corrected chi connectivity index (χ1v) is 7.92. The summed E-state index contributed by atoms with van der Waals surface area (Å²) in [4.78, 5) is 12.0. The van der Waals surface area contributed by atoms with Crippen LogP contribution in [0.25, 0.3) is 11.3 Å². The molecule has 0 saturated carbocycles. The number of hydrogen-bond acceptors (Lipinski definition) is 4. The van der Waals surface area contributed by atoms with Crippen molar-refractivity contribution in [1.29, 1.82) is 0 Å². The highest BCUT2D eigenvalue weighted by Gasteiger charge is 2.14. The molecule has 0 aliphatic rings. The summed E-state index contributed by atoms with van der Waals surface area (Å²) in [5.74, 6) is -0.122. The van der Waals surface area contributed by atoms with Crippen molar-refractivity contribution in [3.8, 4) is 11.3 Å². The predicted octanol–water partition coefficient (Wildman–Crippen LogP) is 3.61. The molecule has 1 atom stereocenters. The summed E-state index contributed by atoms with van der Waals surface area (Å²) < 4.78 is 18.4. The van der Waals surface area contributed by atoms with E-state index in [4.69, 9.17) is 4.42 Å². The van der Waals surface area contributed by atoms with Crippen molar-refractivity contribution in [2.24, 2.45) is 0 Å². The number of aliphatic hydroxyl groups is 1. The molecule has 1 amide bonds. The van der Waals surface area contributed by atoms with Crippen molar-refractivity contribution in [2.75, 3.05) is 6.54 Å². The Kier molecular flexibility index (Phi) is 4.55. The Labute approximate surface area is 136 Å². The summed E-state index contributed by atoms with van der Waals surface area (Å²) in [6, 6.07) is 10.8. The number of benzene rings is 1. The molecule has 118 valence electrons. The Balaban J connectivity index is 1.63. The lowest BCUT2D eigenvalue weighted by molar-refractivity contribution is 0.0890. The van der Waals surface area contributed by atoms with E-state index in [0.717, 1.165) is 5.56 Å². The minimum Gasteiger partial charge on any atom is -0.451 e. The second-order valence-corrected chi connectivity index (χ2v) is 5.73. The minimum atomic E-state index is -0.753. The van der Waals surface area contributed by atoms with Crippen LogP contribution in [0, 0.1) is 5.82 Å². The van der Waals surface area contributed by atoms with E-state index in [1.165, 1.54) is 23.5 Å². The maximum Gasteiger partial charge on any atom is 0.287 e. The van der Waals surface area contributed by atoms with Gasteiger partial charge in [0.1, 0.15) is 11.6 Å². The summed E-state index contributed by atoms with van der Waals surface area (Å²) in [5.41, 5.74) is 1.45. The fraction of sp³-hybridized carbons (Fsp3) is 0.118. The Morgan fingerprint density at radius 1 is 1.22 bits per heavy atom. The molecule has 4 nitrogen and oxygen atoms in total. The normalized spacial score (nSPS) is 12.1. The van der Waals surface area contributed by atoms with Gasteiger partial charge in [0.25, 0.3) is 5.91 Å². The summed E-state index contributed by atoms with van der Waals surface area (Å²) in [6.45, 7) is 0.0994. The van der Waals surface area contributed by atoms with E-state index in [0.29, 0.717) is 11.3 Å². The summed E-state index contributed by atoms with van der Waals surface area (Å²) in [6.07, 6.45) is -0.753. The zero-order valence-electron chi connectivity index (χ0n) is 12.0. The number of amides is 1. The number of thiophene rings is 1. The minimum absolute atomic E-state index is 0.0994. The third-order valence-corrected chi connectivity index (χ3v) is 4.04. The van der Waals surface area contributed by atoms with Gasteiger partial charge >= 0.3 is 0 Å². The molecule has 0 bridgehead atoms. The van der Waals surface area contributed by atoms with Gasteiger partial charge in [-0.3, -0.25) is 4.79 Å². The van der Waals surface area contributed by atoms with Crippen LogP contribution >= 0.6 is 11.3 Å². The van der Waals surface area contributed by atoms with E-state index < -0.39 is 12.0 Å². The molecule has 2 heterocycles. The van der Waals surface area contributed by atoms with Gasteiger partial charge in [-0.1, -0.05) is 0 Å². The van der Waals surface area contributed by atoms with Crippen LogP contribution in [-0.2, 0) is 0 Å². The van der Waals surface area contributed by atoms with Crippen molar-refractivity contribution in [3.05, 3.63) is 70.4 Å². The highest BCUT2D eigenvalue weighted by molar-refractivity contribution is 7.07. The molecule has 3 aromatic rings. The van der Waals surface area contributed by atoms with Crippen LogP contribution in [0.4, 0.5) is 4.39 Å². The third-order valence-electron chi connectivity index (χ3n) is 3.34. The van der Waals surface area contributed by atoms with Crippen LogP contribution in [-0.4, -0.2) is 17.6 Å². The first kappa shape index (κ1) is 15.5. The number of furan rings is 1. The summed E-state index contributed by atoms with van der Waals surface area (Å²) in [5, 5.41) is 16.3. The Bertz CT molecular complexity index is 781. The maximum absolute atomic E-state index is 12.9. The first-order valence-electron chi connectivity index (χ1n) is 6.97. The number of rotatable bonds is 5. The predicted molar refractivity (Wildman–Crippen MR) is 85.7 cm³/mol. The van der Waals surface area contributed by atoms with E-state index in [1.54, 1.807) is 30.3 Å². The number of carbonyl (C=O) groups is 1. The Morgan fingerprint density at radius 3 is 2.70 bits per heavy atom. The molecule has 0 aliphatic heterocycles. The number of halogens is 1. The molecule has 0 aliphatic carbocycles. The molecule has 0 fully saturated rings. The van der Waals surface area contributed by atoms with Gasteiger partial charge in [0.2, 0.25) is 0 Å². The van der Waals surface area contributed by atoms with Gasteiger partial charge in [-0.2, -0.15) is 11.3 Å². The first-order chi connectivity index (χ1) is 11.1. The second kappa shape index (κ2) is 6.76. The van der Waals surface area contributed by atoms with Crippen molar-refractivity contribution in [1.82, 2.24) is 5.32 Å². The van der Waals surface area contributed by atoms with Crippen LogP contribution in [0.1, 0.15) is 22.2 Å². The van der Waals surface area contributed by atoms with Gasteiger partial charge in [0.05, 0.1) is 6.10 Å². The van der Waals surface area contributed by atoms with Crippen LogP contribution in [0.3, 0.4) is 0 Å². The molecular formula is C17H14FNO3S. The largest absolute Gasteiger partial charge is 0.451 e. The summed E-state index contributed by atoms with van der Waals surface area (Å²) in [7, 11) is 0. The van der Waals surface area contributed by atoms with Crippen molar-refractivity contribution >= 4 is 17.2 Å². The number of aliphatic hydroxyl groups excluding tert-OH is 1. The van der Waals surface area contributed by atoms with Crippen LogP contribution in [0.15, 0.2) is 57.6 Å². The molecule has 23 heavy (non-hydrogen) atoms. The van der Waals surface area contributed by atoms with E-state index in [1.807, 2.05) is 10.8 Å². The van der Waals surface area contributed by atoms with Crippen LogP contribution < -0.4 is 5.32 Å². The number of nitrogens with one attached hydrogen (secondary N) is 1. The highest BCUT2D eigenvalue weighted by Crippen LogP contribution is 2.22. The Hall–Kier alpha value is -2.44. The van der Waals surface area contributed by atoms with Crippen molar-refractivity contribution in [2.45, 2.75) is 6.10 Å². The monoisotopic (exact) mass is 331 g/mol. The van der Waals surface area contributed by atoms with E-state index in [2.05, 4.69) is 5.32 Å². The van der Waals surface area contributed by atoms with E-state index in [9.17, 15) is 14.3 Å².